The average Bonchev–Trinajstić information content (AvgIpc) is 3.25. The Morgan fingerprint density at radius 2 is 1.75 bits per heavy atom. The second-order valence-electron chi connectivity index (χ2n) is 9.82. The Morgan fingerprint density at radius 3 is 2.42 bits per heavy atom. The second kappa shape index (κ2) is 13.9. The first-order chi connectivity index (χ1) is 17.4. The number of hydrogen-bond donors (Lipinski definition) is 4. The van der Waals surface area contributed by atoms with Crippen LogP contribution in [-0.2, 0) is 20.8 Å². The van der Waals surface area contributed by atoms with Crippen LogP contribution in [0.15, 0.2) is 35.9 Å². The Bertz CT molecular complexity index is 892. The third-order valence-corrected chi connectivity index (χ3v) is 6.85. The zero-order chi connectivity index (χ0) is 26.0. The quantitative estimate of drug-likeness (QED) is 0.290. The Labute approximate surface area is 214 Å². The zero-order valence-electron chi connectivity index (χ0n) is 21.6. The van der Waals surface area contributed by atoms with Crippen molar-refractivity contribution in [3.8, 4) is 0 Å². The Kier molecular flexibility index (Phi) is 10.9. The summed E-state index contributed by atoms with van der Waals surface area (Å²) in [5.74, 6) is -1.23. The van der Waals surface area contributed by atoms with E-state index in [1.54, 1.807) is 18.2 Å². The summed E-state index contributed by atoms with van der Waals surface area (Å²) in [6.45, 7) is 4.64. The van der Waals surface area contributed by atoms with Gasteiger partial charge in [-0.15, -0.1) is 0 Å². The molecule has 1 aromatic carbocycles. The molecule has 1 saturated heterocycles. The minimum Gasteiger partial charge on any atom is -0.395 e. The lowest BCUT2D eigenvalue weighted by atomic mass is 9.92. The summed E-state index contributed by atoms with van der Waals surface area (Å²) in [6, 6.07) is 6.98. The molecule has 3 rings (SSSR count). The first-order valence-electron chi connectivity index (χ1n) is 13.4. The summed E-state index contributed by atoms with van der Waals surface area (Å²) < 4.78 is 12.8. The largest absolute Gasteiger partial charge is 0.395 e. The second-order valence-corrected chi connectivity index (χ2v) is 9.82. The van der Waals surface area contributed by atoms with Crippen molar-refractivity contribution < 1.29 is 29.3 Å². The lowest BCUT2D eigenvalue weighted by molar-refractivity contribution is -0.190. The summed E-state index contributed by atoms with van der Waals surface area (Å²) in [5.41, 5.74) is 1.73. The van der Waals surface area contributed by atoms with Gasteiger partial charge in [0.25, 0.3) is 5.91 Å². The molecule has 0 saturated carbocycles. The summed E-state index contributed by atoms with van der Waals surface area (Å²) in [6.07, 6.45) is 8.34. The van der Waals surface area contributed by atoms with E-state index in [4.69, 9.17) is 14.6 Å². The number of unbranched alkanes of at least 4 members (excludes halogenated alkanes) is 4. The number of rotatable bonds is 14. The molecule has 1 aromatic rings. The normalized spacial score (nSPS) is 22.6. The van der Waals surface area contributed by atoms with Crippen molar-refractivity contribution >= 4 is 11.8 Å². The Balaban J connectivity index is 1.63. The number of fused-ring (bicyclic) bond motifs is 1. The van der Waals surface area contributed by atoms with E-state index in [1.165, 1.54) is 0 Å². The molecule has 2 amide bonds. The molecular formula is C28H42N2O6. The van der Waals surface area contributed by atoms with E-state index < -0.39 is 24.1 Å². The minimum atomic E-state index is -0.807. The highest BCUT2D eigenvalue weighted by atomic mass is 16.8. The van der Waals surface area contributed by atoms with Gasteiger partial charge >= 0.3 is 0 Å². The van der Waals surface area contributed by atoms with Crippen LogP contribution >= 0.6 is 0 Å². The van der Waals surface area contributed by atoms with Gasteiger partial charge in [-0.1, -0.05) is 51.7 Å². The minimum absolute atomic E-state index is 0.127. The molecule has 1 aliphatic carbocycles. The van der Waals surface area contributed by atoms with Gasteiger partial charge in [-0.2, -0.15) is 0 Å². The molecule has 1 heterocycles. The predicted molar refractivity (Wildman–Crippen MR) is 137 cm³/mol. The van der Waals surface area contributed by atoms with Gasteiger partial charge in [-0.25, -0.2) is 0 Å². The van der Waals surface area contributed by atoms with Crippen molar-refractivity contribution in [3.63, 3.8) is 0 Å². The topological polar surface area (TPSA) is 117 Å². The van der Waals surface area contributed by atoms with Crippen molar-refractivity contribution in [1.29, 1.82) is 0 Å². The first kappa shape index (κ1) is 28.3. The van der Waals surface area contributed by atoms with Crippen LogP contribution in [0.4, 0.5) is 0 Å². The highest BCUT2D eigenvalue weighted by Crippen LogP contribution is 2.42. The maximum Gasteiger partial charge on any atom is 0.251 e. The van der Waals surface area contributed by atoms with Gasteiger partial charge in [0, 0.05) is 43.5 Å². The van der Waals surface area contributed by atoms with Crippen molar-refractivity contribution in [2.45, 2.75) is 102 Å². The van der Waals surface area contributed by atoms with E-state index in [0.29, 0.717) is 11.1 Å². The molecule has 4 N–H and O–H groups in total. The van der Waals surface area contributed by atoms with Crippen LogP contribution in [0.25, 0.3) is 0 Å². The van der Waals surface area contributed by atoms with Gasteiger partial charge in [-0.05, 0) is 36.6 Å². The van der Waals surface area contributed by atoms with Crippen LogP contribution in [-0.4, -0.2) is 59.3 Å². The highest BCUT2D eigenvalue weighted by Gasteiger charge is 2.50. The van der Waals surface area contributed by atoms with Gasteiger partial charge in [0.05, 0.1) is 12.7 Å². The lowest BCUT2D eigenvalue weighted by Crippen LogP contribution is -2.41. The standard InChI is InChI=1S/C28H42N2O6/c1-3-5-7-12-28(13-8-6-4-2)35-24-18-22(17-23(32)25(24)36-28)27(34)30-19-20-10-9-11-21(16-20)26(33)29-14-15-31/h9-11,16,18,23-25,31-32H,3-8,12-15,17,19H2,1-2H3,(H,29,33)(H,30,34). The number of amides is 2. The molecule has 0 radical (unpaired) electrons. The van der Waals surface area contributed by atoms with Gasteiger partial charge in [0.15, 0.2) is 5.79 Å². The van der Waals surface area contributed by atoms with Gasteiger partial charge in [0.2, 0.25) is 5.91 Å². The molecule has 3 atom stereocenters. The van der Waals surface area contributed by atoms with Crippen LogP contribution in [0, 0.1) is 0 Å². The molecule has 1 fully saturated rings. The molecular weight excluding hydrogens is 460 g/mol. The number of carbonyl (C=O) groups excluding carboxylic acids is 2. The van der Waals surface area contributed by atoms with Crippen molar-refractivity contribution in [2.75, 3.05) is 13.2 Å². The number of nitrogens with one attached hydrogen (secondary N) is 2. The monoisotopic (exact) mass is 502 g/mol. The van der Waals surface area contributed by atoms with E-state index in [1.807, 2.05) is 12.1 Å². The average molecular weight is 503 g/mol. The Hall–Kier alpha value is -2.26. The summed E-state index contributed by atoms with van der Waals surface area (Å²) in [4.78, 5) is 25.1. The van der Waals surface area contributed by atoms with E-state index in [-0.39, 0.29) is 37.9 Å². The van der Waals surface area contributed by atoms with Crippen LogP contribution in [0.3, 0.4) is 0 Å². The number of aliphatic hydroxyl groups is 2. The molecule has 0 aromatic heterocycles. The SMILES string of the molecule is CCCCCC1(CCCCC)OC2C=C(C(=O)NCc3cccc(C(=O)NCCO)c3)CC(O)C2O1. The Morgan fingerprint density at radius 1 is 1.03 bits per heavy atom. The molecule has 8 heteroatoms. The predicted octanol–water partition coefficient (Wildman–Crippen LogP) is 3.36. The fourth-order valence-corrected chi connectivity index (χ4v) is 4.90. The van der Waals surface area contributed by atoms with Crippen LogP contribution in [0.1, 0.15) is 87.6 Å². The van der Waals surface area contributed by atoms with E-state index >= 15 is 0 Å². The molecule has 200 valence electrons. The third-order valence-electron chi connectivity index (χ3n) is 6.85. The number of ether oxygens (including phenoxy) is 2. The van der Waals surface area contributed by atoms with E-state index in [2.05, 4.69) is 24.5 Å². The zero-order valence-corrected chi connectivity index (χ0v) is 21.6. The van der Waals surface area contributed by atoms with Crippen LogP contribution in [0.2, 0.25) is 0 Å². The number of aliphatic hydroxyl groups excluding tert-OH is 2. The van der Waals surface area contributed by atoms with Gasteiger partial charge in [0.1, 0.15) is 12.2 Å². The highest BCUT2D eigenvalue weighted by molar-refractivity contribution is 5.95. The molecule has 36 heavy (non-hydrogen) atoms. The molecule has 0 spiro atoms. The molecule has 0 bridgehead atoms. The number of hydrogen-bond acceptors (Lipinski definition) is 6. The summed E-state index contributed by atoms with van der Waals surface area (Å²) in [5, 5.41) is 25.2. The van der Waals surface area contributed by atoms with Crippen molar-refractivity contribution in [3.05, 3.63) is 47.0 Å². The van der Waals surface area contributed by atoms with Gasteiger partial charge in [-0.3, -0.25) is 9.59 Å². The van der Waals surface area contributed by atoms with E-state index in [9.17, 15) is 14.7 Å². The fraction of sp³-hybridized carbons (Fsp3) is 0.643. The first-order valence-corrected chi connectivity index (χ1v) is 13.4. The third kappa shape index (κ3) is 7.62. The van der Waals surface area contributed by atoms with Crippen LogP contribution in [0.5, 0.6) is 0 Å². The molecule has 2 aliphatic rings. The number of benzene rings is 1. The fourth-order valence-electron chi connectivity index (χ4n) is 4.90. The lowest BCUT2D eigenvalue weighted by Gasteiger charge is -2.29. The van der Waals surface area contributed by atoms with Gasteiger partial charge < -0.3 is 30.3 Å². The van der Waals surface area contributed by atoms with Crippen molar-refractivity contribution in [1.82, 2.24) is 10.6 Å². The van der Waals surface area contributed by atoms with Crippen LogP contribution < -0.4 is 10.6 Å². The molecule has 3 unspecified atom stereocenters. The summed E-state index contributed by atoms with van der Waals surface area (Å²) >= 11 is 0. The van der Waals surface area contributed by atoms with E-state index in [0.717, 1.165) is 56.9 Å². The summed E-state index contributed by atoms with van der Waals surface area (Å²) in [7, 11) is 0. The smallest absolute Gasteiger partial charge is 0.251 e. The maximum atomic E-state index is 13.0. The maximum absolute atomic E-state index is 13.0. The molecule has 1 aliphatic heterocycles. The van der Waals surface area contributed by atoms with Crippen molar-refractivity contribution in [2.24, 2.45) is 0 Å². The molecule has 8 nitrogen and oxygen atoms in total. The number of carbonyl (C=O) groups is 2.